The maximum atomic E-state index is 2.40. The van der Waals surface area contributed by atoms with Gasteiger partial charge >= 0.3 is 0 Å². The van der Waals surface area contributed by atoms with Crippen molar-refractivity contribution in [3.63, 3.8) is 0 Å². The maximum Gasteiger partial charge on any atom is 0.0541 e. The molecule has 0 aliphatic carbocycles. The second kappa shape index (κ2) is 16.5. The van der Waals surface area contributed by atoms with E-state index in [0.717, 1.165) is 22.7 Å². The van der Waals surface area contributed by atoms with E-state index >= 15 is 0 Å². The number of aromatic nitrogens is 1. The Balaban J connectivity index is 0.851. The van der Waals surface area contributed by atoms with E-state index in [4.69, 9.17) is 0 Å². The molecule has 1 heterocycles. The molecule has 13 aromatic rings. The number of para-hydroxylation sites is 1. The Morgan fingerprint density at radius 1 is 0.235 bits per heavy atom. The van der Waals surface area contributed by atoms with Gasteiger partial charge in [-0.1, -0.05) is 188 Å². The van der Waals surface area contributed by atoms with Gasteiger partial charge in [0.2, 0.25) is 0 Å². The monoisotopic (exact) mass is 864 g/mol. The molecule has 0 fully saturated rings. The number of benzene rings is 12. The van der Waals surface area contributed by atoms with Crippen LogP contribution in [-0.2, 0) is 0 Å². The van der Waals surface area contributed by atoms with E-state index in [1.807, 2.05) is 0 Å². The van der Waals surface area contributed by atoms with Gasteiger partial charge in [-0.05, 0) is 156 Å². The average Bonchev–Trinajstić information content (AvgIpc) is 3.75. The van der Waals surface area contributed by atoms with Crippen molar-refractivity contribution in [2.75, 3.05) is 4.90 Å². The molecule has 0 spiro atoms. The number of rotatable bonds is 8. The van der Waals surface area contributed by atoms with Gasteiger partial charge in [-0.15, -0.1) is 0 Å². The van der Waals surface area contributed by atoms with Crippen LogP contribution in [0.1, 0.15) is 0 Å². The number of fused-ring (bicyclic) bond motifs is 6. The van der Waals surface area contributed by atoms with E-state index in [1.165, 1.54) is 98.6 Å². The first kappa shape index (κ1) is 39.4. The van der Waals surface area contributed by atoms with Crippen molar-refractivity contribution in [1.29, 1.82) is 0 Å². The molecular weight excluding hydrogens is 821 g/mol. The van der Waals surface area contributed by atoms with Crippen molar-refractivity contribution in [1.82, 2.24) is 4.57 Å². The van der Waals surface area contributed by atoms with Crippen LogP contribution in [0.3, 0.4) is 0 Å². The van der Waals surface area contributed by atoms with Crippen molar-refractivity contribution >= 4 is 71.2 Å². The van der Waals surface area contributed by atoms with Crippen molar-refractivity contribution in [2.24, 2.45) is 0 Å². The first-order valence-electron chi connectivity index (χ1n) is 23.4. The van der Waals surface area contributed by atoms with E-state index in [2.05, 4.69) is 276 Å². The fourth-order valence-corrected chi connectivity index (χ4v) is 10.3. The Kier molecular flexibility index (Phi) is 9.54. The summed E-state index contributed by atoms with van der Waals surface area (Å²) in [6.07, 6.45) is 0. The summed E-state index contributed by atoms with van der Waals surface area (Å²) < 4.78 is 2.40. The predicted octanol–water partition coefficient (Wildman–Crippen LogP) is 18.4. The van der Waals surface area contributed by atoms with E-state index in [0.29, 0.717) is 0 Å². The molecule has 0 N–H and O–H groups in total. The van der Waals surface area contributed by atoms with Crippen LogP contribution in [0.25, 0.3) is 104 Å². The van der Waals surface area contributed by atoms with Crippen LogP contribution in [0.5, 0.6) is 0 Å². The Labute approximate surface area is 395 Å². The zero-order chi connectivity index (χ0) is 45.0. The SMILES string of the molecule is c1ccc2cc(-c3ccc(N(c4ccc(-c5ccc6c(c5)c5ccccc5n6-c5ccc(-c6ccc7ccccc7c6)cc5)cc4)c4ccc(-c5cccc6ccccc56)cc4)cc3)ccc2c1. The fourth-order valence-electron chi connectivity index (χ4n) is 10.3. The zero-order valence-corrected chi connectivity index (χ0v) is 37.3. The first-order valence-corrected chi connectivity index (χ1v) is 23.4. The summed E-state index contributed by atoms with van der Waals surface area (Å²) in [6, 6.07) is 97.5. The van der Waals surface area contributed by atoms with E-state index in [-0.39, 0.29) is 0 Å². The topological polar surface area (TPSA) is 8.17 Å². The van der Waals surface area contributed by atoms with Gasteiger partial charge in [0.05, 0.1) is 11.0 Å². The summed E-state index contributed by atoms with van der Waals surface area (Å²) >= 11 is 0. The summed E-state index contributed by atoms with van der Waals surface area (Å²) in [4.78, 5) is 2.36. The maximum absolute atomic E-state index is 2.40. The molecule has 13 rings (SSSR count). The van der Waals surface area contributed by atoms with Gasteiger partial charge in [0.1, 0.15) is 0 Å². The molecule has 68 heavy (non-hydrogen) atoms. The average molecular weight is 865 g/mol. The van der Waals surface area contributed by atoms with Gasteiger partial charge in [0.15, 0.2) is 0 Å². The molecule has 12 aromatic carbocycles. The molecule has 2 heteroatoms. The van der Waals surface area contributed by atoms with E-state index < -0.39 is 0 Å². The molecule has 0 aliphatic heterocycles. The highest BCUT2D eigenvalue weighted by molar-refractivity contribution is 6.10. The quantitative estimate of drug-likeness (QED) is 0.148. The fraction of sp³-hybridized carbons (Fsp3) is 0. The van der Waals surface area contributed by atoms with Crippen molar-refractivity contribution in [3.05, 3.63) is 267 Å². The molecule has 318 valence electrons. The minimum Gasteiger partial charge on any atom is -0.311 e. The lowest BCUT2D eigenvalue weighted by Crippen LogP contribution is -2.09. The largest absolute Gasteiger partial charge is 0.311 e. The van der Waals surface area contributed by atoms with E-state index in [1.54, 1.807) is 0 Å². The third-order valence-electron chi connectivity index (χ3n) is 13.8. The van der Waals surface area contributed by atoms with Crippen molar-refractivity contribution in [2.45, 2.75) is 0 Å². The lowest BCUT2D eigenvalue weighted by Gasteiger charge is -2.26. The van der Waals surface area contributed by atoms with Crippen LogP contribution in [0, 0.1) is 0 Å². The normalized spacial score (nSPS) is 11.5. The van der Waals surface area contributed by atoms with Crippen LogP contribution in [-0.4, -0.2) is 4.57 Å². The molecular formula is C66H44N2. The summed E-state index contributed by atoms with van der Waals surface area (Å²) in [7, 11) is 0. The number of hydrogen-bond acceptors (Lipinski definition) is 1. The minimum absolute atomic E-state index is 1.09. The molecule has 0 aliphatic rings. The third-order valence-corrected chi connectivity index (χ3v) is 13.8. The van der Waals surface area contributed by atoms with Crippen LogP contribution in [0.15, 0.2) is 267 Å². The minimum atomic E-state index is 1.09. The van der Waals surface area contributed by atoms with Crippen LogP contribution in [0.2, 0.25) is 0 Å². The Morgan fingerprint density at radius 2 is 0.647 bits per heavy atom. The molecule has 0 unspecified atom stereocenters. The highest BCUT2D eigenvalue weighted by Crippen LogP contribution is 2.40. The third kappa shape index (κ3) is 6.99. The second-order valence-corrected chi connectivity index (χ2v) is 17.8. The second-order valence-electron chi connectivity index (χ2n) is 17.8. The van der Waals surface area contributed by atoms with Gasteiger partial charge in [-0.3, -0.25) is 0 Å². The van der Waals surface area contributed by atoms with Crippen LogP contribution in [0.4, 0.5) is 17.1 Å². The van der Waals surface area contributed by atoms with Crippen LogP contribution < -0.4 is 4.90 Å². The lowest BCUT2D eigenvalue weighted by molar-refractivity contribution is 1.18. The summed E-state index contributed by atoms with van der Waals surface area (Å²) in [5.74, 6) is 0. The van der Waals surface area contributed by atoms with E-state index in [9.17, 15) is 0 Å². The van der Waals surface area contributed by atoms with Crippen molar-refractivity contribution in [3.8, 4) is 50.2 Å². The highest BCUT2D eigenvalue weighted by Gasteiger charge is 2.17. The predicted molar refractivity (Wildman–Crippen MR) is 290 cm³/mol. The molecule has 2 nitrogen and oxygen atoms in total. The lowest BCUT2D eigenvalue weighted by atomic mass is 9.98. The standard InChI is InChI=1S/C66H44N2/c1-3-13-52-42-54(22-20-45(52)10-1)47-24-33-57(34-25-47)67(59-39-30-51(31-40-59)62-18-9-15-50-12-5-6-16-61(50)62)58-35-26-49(27-36-58)56-32-41-66-64(44-56)63-17-7-8-19-65(63)68(66)60-37-28-48(29-38-60)55-23-21-46-11-2-4-14-53(46)43-55/h1-44H. The van der Waals surface area contributed by atoms with Gasteiger partial charge in [0, 0.05) is 33.5 Å². The number of nitrogens with zero attached hydrogens (tertiary/aromatic N) is 2. The first-order chi connectivity index (χ1) is 33.7. The Morgan fingerprint density at radius 3 is 1.24 bits per heavy atom. The van der Waals surface area contributed by atoms with Gasteiger partial charge in [0.25, 0.3) is 0 Å². The molecule has 0 amide bonds. The number of anilines is 3. The highest BCUT2D eigenvalue weighted by atomic mass is 15.1. The summed E-state index contributed by atoms with van der Waals surface area (Å²) in [6.45, 7) is 0. The van der Waals surface area contributed by atoms with Gasteiger partial charge in [-0.25, -0.2) is 0 Å². The smallest absolute Gasteiger partial charge is 0.0541 e. The van der Waals surface area contributed by atoms with Gasteiger partial charge in [-0.2, -0.15) is 0 Å². The molecule has 1 aromatic heterocycles. The molecule has 0 atom stereocenters. The van der Waals surface area contributed by atoms with Gasteiger partial charge < -0.3 is 9.47 Å². The molecule has 0 bridgehead atoms. The Bertz CT molecular complexity index is 3990. The molecule has 0 radical (unpaired) electrons. The zero-order valence-electron chi connectivity index (χ0n) is 37.3. The molecule has 0 saturated heterocycles. The summed E-state index contributed by atoms with van der Waals surface area (Å²) in [5.41, 5.74) is 16.4. The van der Waals surface area contributed by atoms with Crippen LogP contribution >= 0.6 is 0 Å². The summed E-state index contributed by atoms with van der Waals surface area (Å²) in [5, 5.41) is 9.99. The number of hydrogen-bond donors (Lipinski definition) is 0. The molecule has 0 saturated carbocycles. The Hall–Kier alpha value is -8.98. The van der Waals surface area contributed by atoms with Crippen molar-refractivity contribution < 1.29 is 0 Å².